The maximum absolute atomic E-state index is 12.2. The minimum Gasteiger partial charge on any atom is -0.460 e. The average molecular weight is 372 g/mol. The van der Waals surface area contributed by atoms with Crippen molar-refractivity contribution in [2.24, 2.45) is 5.92 Å². The van der Waals surface area contributed by atoms with Crippen molar-refractivity contribution in [3.05, 3.63) is 24.0 Å². The minimum atomic E-state index is -0.446. The predicted molar refractivity (Wildman–Crippen MR) is 104 cm³/mol. The van der Waals surface area contributed by atoms with Crippen LogP contribution in [-0.2, 0) is 9.53 Å². The van der Waals surface area contributed by atoms with E-state index in [0.717, 1.165) is 43.3 Å². The Kier molecular flexibility index (Phi) is 5.62. The molecule has 2 aromatic rings. The molecule has 1 aliphatic heterocycles. The Balaban J connectivity index is 1.66. The summed E-state index contributed by atoms with van der Waals surface area (Å²) in [6.07, 6.45) is 4.14. The third-order valence-corrected chi connectivity index (χ3v) is 4.28. The van der Waals surface area contributed by atoms with Crippen LogP contribution in [-0.4, -0.2) is 44.8 Å². The molecule has 0 aromatic carbocycles. The van der Waals surface area contributed by atoms with Crippen molar-refractivity contribution in [2.45, 2.75) is 52.6 Å². The van der Waals surface area contributed by atoms with Gasteiger partial charge in [-0.25, -0.2) is 4.98 Å². The van der Waals surface area contributed by atoms with Crippen LogP contribution in [0.25, 0.3) is 0 Å². The number of hydrogen-bond donors (Lipinski definition) is 2. The van der Waals surface area contributed by atoms with Gasteiger partial charge in [0.1, 0.15) is 17.2 Å². The molecule has 3 heterocycles. The van der Waals surface area contributed by atoms with Crippen LogP contribution in [0.2, 0.25) is 0 Å². The zero-order valence-electron chi connectivity index (χ0n) is 16.5. The van der Waals surface area contributed by atoms with E-state index >= 15 is 0 Å². The maximum atomic E-state index is 12.2. The van der Waals surface area contributed by atoms with Gasteiger partial charge in [0, 0.05) is 30.9 Å². The van der Waals surface area contributed by atoms with E-state index in [4.69, 9.17) is 4.74 Å². The number of nitrogens with zero attached hydrogens (tertiary/aromatic N) is 4. The number of esters is 1. The van der Waals surface area contributed by atoms with Crippen LogP contribution in [0.15, 0.2) is 18.3 Å². The van der Waals surface area contributed by atoms with Crippen LogP contribution in [0.5, 0.6) is 0 Å². The van der Waals surface area contributed by atoms with E-state index in [2.05, 4.69) is 30.4 Å². The van der Waals surface area contributed by atoms with Gasteiger partial charge >= 0.3 is 5.97 Å². The summed E-state index contributed by atoms with van der Waals surface area (Å²) >= 11 is 0. The van der Waals surface area contributed by atoms with E-state index in [1.165, 1.54) is 0 Å². The number of piperidine rings is 1. The Morgan fingerprint density at radius 1 is 1.41 bits per heavy atom. The van der Waals surface area contributed by atoms with Gasteiger partial charge in [-0.05, 0) is 46.5 Å². The van der Waals surface area contributed by atoms with E-state index in [9.17, 15) is 4.79 Å². The van der Waals surface area contributed by atoms with Crippen molar-refractivity contribution >= 4 is 23.6 Å². The topological polar surface area (TPSA) is 96.0 Å². The molecule has 0 spiro atoms. The fourth-order valence-corrected chi connectivity index (χ4v) is 3.25. The Morgan fingerprint density at radius 2 is 2.22 bits per heavy atom. The summed E-state index contributed by atoms with van der Waals surface area (Å²) in [5.74, 6) is 2.30. The number of aromatic nitrogens is 4. The van der Waals surface area contributed by atoms with Gasteiger partial charge in [-0.1, -0.05) is 0 Å². The van der Waals surface area contributed by atoms with Gasteiger partial charge in [0.25, 0.3) is 0 Å². The molecular formula is C19H28N6O2. The zero-order valence-corrected chi connectivity index (χ0v) is 16.5. The van der Waals surface area contributed by atoms with Crippen LogP contribution >= 0.6 is 0 Å². The average Bonchev–Trinajstić information content (AvgIpc) is 3.05. The van der Waals surface area contributed by atoms with Crippen molar-refractivity contribution in [3.63, 3.8) is 0 Å². The molecule has 0 amide bonds. The highest BCUT2D eigenvalue weighted by Crippen LogP contribution is 2.25. The van der Waals surface area contributed by atoms with Gasteiger partial charge in [-0.3, -0.25) is 9.89 Å². The molecule has 0 saturated carbocycles. The number of aryl methyl sites for hydroxylation is 1. The summed E-state index contributed by atoms with van der Waals surface area (Å²) in [7, 11) is 0. The highest BCUT2D eigenvalue weighted by Gasteiger charge is 2.26. The van der Waals surface area contributed by atoms with E-state index in [-0.39, 0.29) is 11.9 Å². The van der Waals surface area contributed by atoms with Crippen LogP contribution in [0, 0.1) is 12.8 Å². The van der Waals surface area contributed by atoms with E-state index in [1.807, 2.05) is 39.8 Å². The van der Waals surface area contributed by atoms with Crippen LogP contribution in [0.1, 0.15) is 45.7 Å². The molecule has 1 aliphatic rings. The second-order valence-corrected chi connectivity index (χ2v) is 8.03. The standard InChI is InChI=1S/C19H28N6O2/c1-13-10-16(22-15-7-8-20-24-15)23-18(21-13)25-9-5-6-14(12-25)11-17(26)27-19(2,3)4/h7-8,10,14H,5-6,9,11-12H2,1-4H3,(H2,20,21,22,23,24)/t14-/m0/s1. The molecule has 146 valence electrons. The maximum Gasteiger partial charge on any atom is 0.306 e. The van der Waals surface area contributed by atoms with Crippen molar-refractivity contribution in [1.29, 1.82) is 0 Å². The molecule has 8 heteroatoms. The molecule has 27 heavy (non-hydrogen) atoms. The summed E-state index contributed by atoms with van der Waals surface area (Å²) in [4.78, 5) is 23.6. The molecule has 0 aliphatic carbocycles. The first-order valence-corrected chi connectivity index (χ1v) is 9.37. The number of ether oxygens (including phenoxy) is 1. The summed E-state index contributed by atoms with van der Waals surface area (Å²) in [5.41, 5.74) is 0.439. The summed E-state index contributed by atoms with van der Waals surface area (Å²) < 4.78 is 5.47. The third-order valence-electron chi connectivity index (χ3n) is 4.28. The molecule has 2 aromatic heterocycles. The smallest absolute Gasteiger partial charge is 0.306 e. The third kappa shape index (κ3) is 5.67. The van der Waals surface area contributed by atoms with Crippen molar-refractivity contribution in [1.82, 2.24) is 20.2 Å². The molecule has 3 rings (SSSR count). The number of anilines is 3. The highest BCUT2D eigenvalue weighted by molar-refractivity contribution is 5.70. The number of nitrogens with one attached hydrogen (secondary N) is 2. The Morgan fingerprint density at radius 3 is 2.93 bits per heavy atom. The molecule has 0 radical (unpaired) electrons. The lowest BCUT2D eigenvalue weighted by molar-refractivity contribution is -0.156. The van der Waals surface area contributed by atoms with Gasteiger partial charge < -0.3 is 15.0 Å². The summed E-state index contributed by atoms with van der Waals surface area (Å²) in [5, 5.41) is 10.00. The summed E-state index contributed by atoms with van der Waals surface area (Å²) in [6, 6.07) is 3.74. The number of rotatable bonds is 5. The predicted octanol–water partition coefficient (Wildman–Crippen LogP) is 3.20. The summed E-state index contributed by atoms with van der Waals surface area (Å²) in [6.45, 7) is 9.28. The first-order chi connectivity index (χ1) is 12.8. The number of carbonyl (C=O) groups excluding carboxylic acids is 1. The SMILES string of the molecule is Cc1cc(Nc2ccn[nH]2)nc(N2CCC[C@@H](CC(=O)OC(C)(C)C)C2)n1. The fraction of sp³-hybridized carbons (Fsp3) is 0.579. The lowest BCUT2D eigenvalue weighted by atomic mass is 9.95. The number of carbonyl (C=O) groups is 1. The Bertz CT molecular complexity index is 769. The van der Waals surface area contributed by atoms with Crippen LogP contribution in [0.4, 0.5) is 17.6 Å². The largest absolute Gasteiger partial charge is 0.460 e. The molecule has 0 unspecified atom stereocenters. The van der Waals surface area contributed by atoms with Crippen molar-refractivity contribution in [2.75, 3.05) is 23.3 Å². The van der Waals surface area contributed by atoms with Gasteiger partial charge in [0.15, 0.2) is 0 Å². The molecular weight excluding hydrogens is 344 g/mol. The number of H-pyrrole nitrogens is 1. The normalized spacial score (nSPS) is 17.6. The van der Waals surface area contributed by atoms with Gasteiger partial charge in [-0.15, -0.1) is 0 Å². The van der Waals surface area contributed by atoms with Crippen molar-refractivity contribution in [3.8, 4) is 0 Å². The first-order valence-electron chi connectivity index (χ1n) is 9.37. The second kappa shape index (κ2) is 7.94. The molecule has 0 bridgehead atoms. The van der Waals surface area contributed by atoms with Gasteiger partial charge in [-0.2, -0.15) is 10.1 Å². The molecule has 2 N–H and O–H groups in total. The molecule has 1 fully saturated rings. The lowest BCUT2D eigenvalue weighted by Gasteiger charge is -2.33. The Hall–Kier alpha value is -2.64. The molecule has 8 nitrogen and oxygen atoms in total. The van der Waals surface area contributed by atoms with Crippen molar-refractivity contribution < 1.29 is 9.53 Å². The minimum absolute atomic E-state index is 0.138. The Labute approximate surface area is 159 Å². The zero-order chi connectivity index (χ0) is 19.4. The fourth-order valence-electron chi connectivity index (χ4n) is 3.25. The molecule has 1 atom stereocenters. The van der Waals surface area contributed by atoms with Gasteiger partial charge in [0.05, 0.1) is 12.6 Å². The van der Waals surface area contributed by atoms with Gasteiger partial charge in [0.2, 0.25) is 5.95 Å². The monoisotopic (exact) mass is 372 g/mol. The van der Waals surface area contributed by atoms with Crippen LogP contribution in [0.3, 0.4) is 0 Å². The molecule has 1 saturated heterocycles. The van der Waals surface area contributed by atoms with E-state index in [0.29, 0.717) is 12.4 Å². The quantitative estimate of drug-likeness (QED) is 0.778. The van der Waals surface area contributed by atoms with E-state index < -0.39 is 5.60 Å². The van der Waals surface area contributed by atoms with Crippen LogP contribution < -0.4 is 10.2 Å². The number of hydrogen-bond acceptors (Lipinski definition) is 7. The highest BCUT2D eigenvalue weighted by atomic mass is 16.6. The van der Waals surface area contributed by atoms with E-state index in [1.54, 1.807) is 6.20 Å². The first kappa shape index (κ1) is 19.1. The second-order valence-electron chi connectivity index (χ2n) is 8.03. The number of aromatic amines is 1. The lowest BCUT2D eigenvalue weighted by Crippen LogP contribution is -2.38.